The molecule has 0 amide bonds. The van der Waals surface area contributed by atoms with Crippen LogP contribution in [0.4, 0.5) is 0 Å². The second-order valence-corrected chi connectivity index (χ2v) is 2.23. The molecule has 0 unspecified atom stereocenters. The molecule has 0 heterocycles. The first-order valence-electron chi connectivity index (χ1n) is 3.82. The van der Waals surface area contributed by atoms with Crippen molar-refractivity contribution in [2.45, 2.75) is 6.42 Å². The summed E-state index contributed by atoms with van der Waals surface area (Å²) in [5, 5.41) is 0. The molecule has 1 nitrogen and oxygen atoms in total. The molecule has 12 heavy (non-hydrogen) atoms. The highest BCUT2D eigenvalue weighted by molar-refractivity contribution is 5.27. The van der Waals surface area contributed by atoms with Crippen molar-refractivity contribution >= 4 is 0 Å². The van der Waals surface area contributed by atoms with Crippen LogP contribution in [0.25, 0.3) is 0 Å². The fourth-order valence-electron chi connectivity index (χ4n) is 0.561. The van der Waals surface area contributed by atoms with Gasteiger partial charge in [-0.25, -0.2) is 0 Å². The molecule has 0 bridgehead atoms. The summed E-state index contributed by atoms with van der Waals surface area (Å²) in [7, 11) is 0. The van der Waals surface area contributed by atoms with Gasteiger partial charge in [-0.2, -0.15) is 0 Å². The van der Waals surface area contributed by atoms with E-state index in [0.29, 0.717) is 0 Å². The molecule has 0 aliphatic rings. The number of rotatable bonds is 5. The predicted molar refractivity (Wildman–Crippen MR) is 55.6 cm³/mol. The van der Waals surface area contributed by atoms with Gasteiger partial charge in [0.25, 0.3) is 0 Å². The lowest BCUT2D eigenvalue weighted by Crippen LogP contribution is -1.73. The lowest BCUT2D eigenvalue weighted by molar-refractivity contribution is 1.36. The number of hydrogen-bond donors (Lipinski definition) is 1. The quantitative estimate of drug-likeness (QED) is 0.616. The van der Waals surface area contributed by atoms with Crippen LogP contribution in [0.15, 0.2) is 61.4 Å². The fraction of sp³-hybridized carbons (Fsp3) is 0.0909. The molecule has 0 radical (unpaired) electrons. The average molecular weight is 161 g/mol. The third kappa shape index (κ3) is 6.62. The van der Waals surface area contributed by atoms with E-state index in [2.05, 4.69) is 13.2 Å². The first-order chi connectivity index (χ1) is 5.81. The summed E-state index contributed by atoms with van der Waals surface area (Å²) in [6.45, 7) is 7.32. The van der Waals surface area contributed by atoms with Gasteiger partial charge in [0, 0.05) is 0 Å². The Bertz CT molecular complexity index is 219. The molecule has 0 aromatic rings. The molecule has 0 rings (SSSR count). The smallest absolute Gasteiger partial charge is 0.00999 e. The van der Waals surface area contributed by atoms with E-state index < -0.39 is 0 Å². The molecule has 0 aliphatic carbocycles. The molecule has 64 valence electrons. The molecule has 0 aliphatic heterocycles. The van der Waals surface area contributed by atoms with Crippen LogP contribution in [0.3, 0.4) is 0 Å². The van der Waals surface area contributed by atoms with Gasteiger partial charge in [0.2, 0.25) is 0 Å². The molecule has 0 saturated heterocycles. The molecule has 0 aromatic heterocycles. The molecular weight excluding hydrogens is 146 g/mol. The highest BCUT2D eigenvalue weighted by atomic mass is 14.5. The highest BCUT2D eigenvalue weighted by Gasteiger charge is 1.72. The first kappa shape index (κ1) is 10.5. The minimum Gasteiger partial charge on any atom is -0.405 e. The zero-order chi connectivity index (χ0) is 9.23. The largest absolute Gasteiger partial charge is 0.405 e. The lowest BCUT2D eigenvalue weighted by atomic mass is 10.2. The van der Waals surface area contributed by atoms with Gasteiger partial charge in [0.05, 0.1) is 0 Å². The van der Waals surface area contributed by atoms with Crippen LogP contribution in [-0.2, 0) is 0 Å². The van der Waals surface area contributed by atoms with Crippen LogP contribution >= 0.6 is 0 Å². The van der Waals surface area contributed by atoms with Crippen molar-refractivity contribution in [2.24, 2.45) is 5.73 Å². The monoisotopic (exact) mass is 161 g/mol. The average Bonchev–Trinajstić information content (AvgIpc) is 2.10. The van der Waals surface area contributed by atoms with Crippen molar-refractivity contribution in [3.63, 3.8) is 0 Å². The Morgan fingerprint density at radius 3 is 2.58 bits per heavy atom. The number of nitrogens with two attached hydrogens (primary N) is 1. The molecule has 0 atom stereocenters. The van der Waals surface area contributed by atoms with Gasteiger partial charge in [-0.05, 0) is 18.2 Å². The first-order valence-corrected chi connectivity index (χ1v) is 3.82. The maximum atomic E-state index is 5.15. The lowest BCUT2D eigenvalue weighted by Gasteiger charge is -1.83. The van der Waals surface area contributed by atoms with Crippen LogP contribution in [0, 0.1) is 0 Å². The van der Waals surface area contributed by atoms with Gasteiger partial charge in [0.15, 0.2) is 0 Å². The molecular formula is C11H15N. The number of allylic oxidation sites excluding steroid dienone is 7. The van der Waals surface area contributed by atoms with Crippen molar-refractivity contribution in [1.82, 2.24) is 0 Å². The molecule has 0 saturated carbocycles. The van der Waals surface area contributed by atoms with Crippen molar-refractivity contribution in [2.75, 3.05) is 0 Å². The predicted octanol–water partition coefficient (Wildman–Crippen LogP) is 2.70. The Hall–Kier alpha value is -1.50. The van der Waals surface area contributed by atoms with E-state index >= 15 is 0 Å². The SMILES string of the molecule is C=CC(=C)/C=C\C=C/C/C=C\N. The second kappa shape index (κ2) is 7.61. The number of hydrogen-bond acceptors (Lipinski definition) is 1. The van der Waals surface area contributed by atoms with Crippen molar-refractivity contribution in [1.29, 1.82) is 0 Å². The van der Waals surface area contributed by atoms with E-state index in [1.54, 1.807) is 6.08 Å². The van der Waals surface area contributed by atoms with Gasteiger partial charge in [-0.1, -0.05) is 49.6 Å². The summed E-state index contributed by atoms with van der Waals surface area (Å²) < 4.78 is 0. The van der Waals surface area contributed by atoms with E-state index in [-0.39, 0.29) is 0 Å². The Labute approximate surface area is 74.3 Å². The zero-order valence-corrected chi connectivity index (χ0v) is 7.24. The molecule has 0 fully saturated rings. The summed E-state index contributed by atoms with van der Waals surface area (Å²) >= 11 is 0. The summed E-state index contributed by atoms with van der Waals surface area (Å²) in [5.41, 5.74) is 6.06. The molecule has 0 spiro atoms. The Morgan fingerprint density at radius 1 is 1.25 bits per heavy atom. The zero-order valence-electron chi connectivity index (χ0n) is 7.24. The van der Waals surface area contributed by atoms with Gasteiger partial charge in [0.1, 0.15) is 0 Å². The minimum absolute atomic E-state index is 0.863. The van der Waals surface area contributed by atoms with Crippen molar-refractivity contribution in [3.8, 4) is 0 Å². The highest BCUT2D eigenvalue weighted by Crippen LogP contribution is 1.93. The molecule has 1 heteroatoms. The van der Waals surface area contributed by atoms with Crippen molar-refractivity contribution < 1.29 is 0 Å². The Balaban J connectivity index is 3.66. The third-order valence-corrected chi connectivity index (χ3v) is 1.23. The molecule has 2 N–H and O–H groups in total. The maximum absolute atomic E-state index is 5.15. The van der Waals surface area contributed by atoms with Crippen LogP contribution in [0.5, 0.6) is 0 Å². The topological polar surface area (TPSA) is 26.0 Å². The van der Waals surface area contributed by atoms with Crippen LogP contribution in [0.2, 0.25) is 0 Å². The standard InChI is InChI=1S/C11H15N/c1-3-11(2)9-7-5-4-6-8-10-12/h3-5,7-10H,1-2,6,12H2/b5-4-,9-7-,10-8-. The summed E-state index contributed by atoms with van der Waals surface area (Å²) in [6, 6.07) is 0. The van der Waals surface area contributed by atoms with Gasteiger partial charge in [-0.3, -0.25) is 0 Å². The normalized spacial score (nSPS) is 11.7. The second-order valence-electron chi connectivity index (χ2n) is 2.23. The van der Waals surface area contributed by atoms with E-state index in [1.165, 1.54) is 6.20 Å². The summed E-state index contributed by atoms with van der Waals surface area (Å²) in [5.74, 6) is 0. The van der Waals surface area contributed by atoms with E-state index in [9.17, 15) is 0 Å². The van der Waals surface area contributed by atoms with E-state index in [0.717, 1.165) is 12.0 Å². The van der Waals surface area contributed by atoms with Gasteiger partial charge in [-0.15, -0.1) is 0 Å². The van der Waals surface area contributed by atoms with Crippen LogP contribution in [0.1, 0.15) is 6.42 Å². The Morgan fingerprint density at radius 2 is 2.00 bits per heavy atom. The van der Waals surface area contributed by atoms with Crippen LogP contribution < -0.4 is 5.73 Å². The van der Waals surface area contributed by atoms with Crippen LogP contribution in [-0.4, -0.2) is 0 Å². The minimum atomic E-state index is 0.863. The fourth-order valence-corrected chi connectivity index (χ4v) is 0.561. The van der Waals surface area contributed by atoms with E-state index in [4.69, 9.17) is 5.73 Å². The molecule has 0 aromatic carbocycles. The summed E-state index contributed by atoms with van der Waals surface area (Å²) in [6.07, 6.45) is 13.8. The maximum Gasteiger partial charge on any atom is -0.00999 e. The van der Waals surface area contributed by atoms with Gasteiger partial charge < -0.3 is 5.73 Å². The van der Waals surface area contributed by atoms with Gasteiger partial charge >= 0.3 is 0 Å². The van der Waals surface area contributed by atoms with E-state index in [1.807, 2.05) is 30.4 Å². The van der Waals surface area contributed by atoms with Crippen molar-refractivity contribution in [3.05, 3.63) is 61.4 Å². The third-order valence-electron chi connectivity index (χ3n) is 1.23. The Kier molecular flexibility index (Phi) is 6.65. The summed E-state index contributed by atoms with van der Waals surface area (Å²) in [4.78, 5) is 0.